The third kappa shape index (κ3) is 2.89. The molecular weight excluding hydrogens is 254 g/mol. The highest BCUT2D eigenvalue weighted by Gasteiger charge is 2.27. The van der Waals surface area contributed by atoms with Crippen LogP contribution >= 0.6 is 0 Å². The number of carboxylic acid groups (broad SMARTS) is 1. The predicted molar refractivity (Wildman–Crippen MR) is 79.8 cm³/mol. The molecule has 20 heavy (non-hydrogen) atoms. The largest absolute Gasteiger partial charge is 0.489 e. The number of hydrogen-bond acceptors (Lipinski definition) is 3. The Hall–Kier alpha value is -1.71. The molecule has 4 heteroatoms. The second kappa shape index (κ2) is 6.64. The number of ether oxygens (including phenoxy) is 1. The topological polar surface area (TPSA) is 49.8 Å². The van der Waals surface area contributed by atoms with Crippen molar-refractivity contribution in [1.29, 1.82) is 0 Å². The van der Waals surface area contributed by atoms with Crippen molar-refractivity contribution in [1.82, 2.24) is 0 Å². The Morgan fingerprint density at radius 2 is 2.25 bits per heavy atom. The summed E-state index contributed by atoms with van der Waals surface area (Å²) in [5, 5.41) is 9.27. The minimum Gasteiger partial charge on any atom is -0.489 e. The molecule has 2 rings (SSSR count). The number of para-hydroxylation sites is 1. The summed E-state index contributed by atoms with van der Waals surface area (Å²) in [6.07, 6.45) is 4.59. The number of hydrogen-bond donors (Lipinski definition) is 1. The van der Waals surface area contributed by atoms with Gasteiger partial charge in [0.05, 0.1) is 12.2 Å². The number of carbonyl (C=O) groups is 1. The monoisotopic (exact) mass is 277 g/mol. The van der Waals surface area contributed by atoms with E-state index < -0.39 is 5.97 Å². The van der Waals surface area contributed by atoms with E-state index in [-0.39, 0.29) is 5.56 Å². The molecular formula is C16H23NO3. The first-order chi connectivity index (χ1) is 9.69. The van der Waals surface area contributed by atoms with Gasteiger partial charge in [-0.3, -0.25) is 0 Å². The Morgan fingerprint density at radius 1 is 1.45 bits per heavy atom. The fourth-order valence-corrected chi connectivity index (χ4v) is 2.84. The molecule has 110 valence electrons. The summed E-state index contributed by atoms with van der Waals surface area (Å²) in [6.45, 7) is 5.78. The summed E-state index contributed by atoms with van der Waals surface area (Å²) in [6, 6.07) is 5.84. The smallest absolute Gasteiger partial charge is 0.339 e. The van der Waals surface area contributed by atoms with E-state index in [4.69, 9.17) is 4.74 Å². The zero-order valence-electron chi connectivity index (χ0n) is 12.3. The Labute approximate surface area is 120 Å². The third-order valence-electron chi connectivity index (χ3n) is 3.92. The zero-order valence-corrected chi connectivity index (χ0v) is 12.3. The van der Waals surface area contributed by atoms with Crippen LogP contribution < -0.4 is 9.64 Å². The number of unbranched alkanes of at least 4 members (excludes halogenated alkanes) is 1. The molecule has 1 aromatic carbocycles. The number of anilines is 1. The quantitative estimate of drug-likeness (QED) is 0.864. The van der Waals surface area contributed by atoms with E-state index >= 15 is 0 Å². The number of carboxylic acids is 1. The number of rotatable bonds is 6. The minimum absolute atomic E-state index is 0.262. The van der Waals surface area contributed by atoms with Gasteiger partial charge < -0.3 is 14.7 Å². The standard InChI is InChI=1S/C16H23NO3/c1-3-5-7-12(4-2)17-10-11-20-15-13(16(18)19)8-6-9-14(15)17/h6,8-9,12H,3-5,7,10-11H2,1-2H3,(H,18,19). The highest BCUT2D eigenvalue weighted by atomic mass is 16.5. The molecule has 0 spiro atoms. The van der Waals surface area contributed by atoms with Crippen LogP contribution in [0.3, 0.4) is 0 Å². The van der Waals surface area contributed by atoms with Gasteiger partial charge in [-0.05, 0) is 25.0 Å². The summed E-state index contributed by atoms with van der Waals surface area (Å²) in [5.41, 5.74) is 1.19. The van der Waals surface area contributed by atoms with Gasteiger partial charge in [-0.25, -0.2) is 4.79 Å². The molecule has 0 aliphatic carbocycles. The van der Waals surface area contributed by atoms with E-state index in [0.29, 0.717) is 18.4 Å². The first-order valence-electron chi connectivity index (χ1n) is 7.44. The first-order valence-corrected chi connectivity index (χ1v) is 7.44. The van der Waals surface area contributed by atoms with Crippen LogP contribution in [0.15, 0.2) is 18.2 Å². The fraction of sp³-hybridized carbons (Fsp3) is 0.562. The van der Waals surface area contributed by atoms with Gasteiger partial charge in [0.2, 0.25) is 0 Å². The lowest BCUT2D eigenvalue weighted by molar-refractivity contribution is 0.0692. The van der Waals surface area contributed by atoms with E-state index in [1.807, 2.05) is 6.07 Å². The number of aromatic carboxylic acids is 1. The maximum absolute atomic E-state index is 11.3. The molecule has 1 aromatic rings. The van der Waals surface area contributed by atoms with Crippen LogP contribution in [0, 0.1) is 0 Å². The second-order valence-electron chi connectivity index (χ2n) is 5.21. The lowest BCUT2D eigenvalue weighted by Crippen LogP contribution is -2.41. The normalized spacial score (nSPS) is 15.4. The first kappa shape index (κ1) is 14.7. The maximum atomic E-state index is 11.3. The predicted octanol–water partition coefficient (Wildman–Crippen LogP) is 3.55. The van der Waals surface area contributed by atoms with Crippen LogP contribution in [-0.2, 0) is 0 Å². The average molecular weight is 277 g/mol. The van der Waals surface area contributed by atoms with Gasteiger partial charge >= 0.3 is 5.97 Å². The third-order valence-corrected chi connectivity index (χ3v) is 3.92. The summed E-state index contributed by atoms with van der Waals surface area (Å²) >= 11 is 0. The van der Waals surface area contributed by atoms with Crippen molar-refractivity contribution in [3.05, 3.63) is 23.8 Å². The molecule has 0 fully saturated rings. The van der Waals surface area contributed by atoms with Crippen molar-refractivity contribution < 1.29 is 14.6 Å². The highest BCUT2D eigenvalue weighted by molar-refractivity contribution is 5.93. The van der Waals surface area contributed by atoms with Crippen LogP contribution in [0.4, 0.5) is 5.69 Å². The van der Waals surface area contributed by atoms with Gasteiger partial charge in [-0.15, -0.1) is 0 Å². The average Bonchev–Trinajstić information content (AvgIpc) is 2.47. The van der Waals surface area contributed by atoms with Crippen molar-refractivity contribution >= 4 is 11.7 Å². The Morgan fingerprint density at radius 3 is 2.90 bits per heavy atom. The van der Waals surface area contributed by atoms with Gasteiger partial charge in [0.15, 0.2) is 5.75 Å². The molecule has 1 atom stereocenters. The van der Waals surface area contributed by atoms with Gasteiger partial charge in [0, 0.05) is 6.04 Å². The van der Waals surface area contributed by atoms with E-state index in [9.17, 15) is 9.90 Å². The molecule has 1 heterocycles. The van der Waals surface area contributed by atoms with Crippen LogP contribution in [-0.4, -0.2) is 30.3 Å². The van der Waals surface area contributed by atoms with Crippen molar-refractivity contribution in [2.24, 2.45) is 0 Å². The van der Waals surface area contributed by atoms with Crippen LogP contribution in [0.1, 0.15) is 49.9 Å². The molecule has 0 saturated heterocycles. The van der Waals surface area contributed by atoms with E-state index in [2.05, 4.69) is 18.7 Å². The molecule has 0 amide bonds. The Balaban J connectivity index is 2.32. The molecule has 1 aliphatic rings. The van der Waals surface area contributed by atoms with Crippen LogP contribution in [0.2, 0.25) is 0 Å². The molecule has 0 radical (unpaired) electrons. The van der Waals surface area contributed by atoms with E-state index in [1.54, 1.807) is 12.1 Å². The molecule has 0 bridgehead atoms. The van der Waals surface area contributed by atoms with Crippen molar-refractivity contribution in [2.45, 2.75) is 45.6 Å². The van der Waals surface area contributed by atoms with E-state index in [1.165, 1.54) is 12.8 Å². The molecule has 0 aromatic heterocycles. The summed E-state index contributed by atoms with van der Waals surface area (Å²) < 4.78 is 5.62. The lowest BCUT2D eigenvalue weighted by atomic mass is 10.0. The molecule has 1 N–H and O–H groups in total. The SMILES string of the molecule is CCCCC(CC)N1CCOc2c(C(=O)O)cccc21. The van der Waals surface area contributed by atoms with Crippen LogP contribution in [0.5, 0.6) is 5.75 Å². The van der Waals surface area contributed by atoms with Crippen molar-refractivity contribution in [3.8, 4) is 5.75 Å². The lowest BCUT2D eigenvalue weighted by Gasteiger charge is -2.38. The maximum Gasteiger partial charge on any atom is 0.339 e. The Kier molecular flexibility index (Phi) is 4.88. The summed E-state index contributed by atoms with van der Waals surface area (Å²) in [5.74, 6) is -0.397. The number of fused-ring (bicyclic) bond motifs is 1. The van der Waals surface area contributed by atoms with E-state index in [0.717, 1.165) is 25.1 Å². The Bertz CT molecular complexity index is 473. The molecule has 1 aliphatic heterocycles. The highest BCUT2D eigenvalue weighted by Crippen LogP contribution is 2.37. The second-order valence-corrected chi connectivity index (χ2v) is 5.21. The zero-order chi connectivity index (χ0) is 14.5. The van der Waals surface area contributed by atoms with Gasteiger partial charge in [-0.1, -0.05) is 32.8 Å². The molecule has 4 nitrogen and oxygen atoms in total. The van der Waals surface area contributed by atoms with Crippen molar-refractivity contribution in [2.75, 3.05) is 18.1 Å². The van der Waals surface area contributed by atoms with Gasteiger partial charge in [-0.2, -0.15) is 0 Å². The number of benzene rings is 1. The minimum atomic E-state index is -0.926. The molecule has 0 saturated carbocycles. The van der Waals surface area contributed by atoms with Crippen LogP contribution in [0.25, 0.3) is 0 Å². The fourth-order valence-electron chi connectivity index (χ4n) is 2.84. The number of nitrogens with zero attached hydrogens (tertiary/aromatic N) is 1. The summed E-state index contributed by atoms with van der Waals surface area (Å²) in [4.78, 5) is 13.6. The molecule has 1 unspecified atom stereocenters. The summed E-state index contributed by atoms with van der Waals surface area (Å²) in [7, 11) is 0. The van der Waals surface area contributed by atoms with Gasteiger partial charge in [0.1, 0.15) is 12.2 Å². The van der Waals surface area contributed by atoms with Crippen molar-refractivity contribution in [3.63, 3.8) is 0 Å². The van der Waals surface area contributed by atoms with Gasteiger partial charge in [0.25, 0.3) is 0 Å².